The quantitative estimate of drug-likeness (QED) is 0.179. The lowest BCUT2D eigenvalue weighted by molar-refractivity contribution is -0.384. The Bertz CT molecular complexity index is 1690. The molecule has 1 aliphatic heterocycles. The number of rotatable bonds is 6. The molecule has 1 aliphatic carbocycles. The lowest BCUT2D eigenvalue weighted by Crippen LogP contribution is -2.39. The van der Waals surface area contributed by atoms with Crippen molar-refractivity contribution in [2.45, 2.75) is 49.7 Å². The van der Waals surface area contributed by atoms with Crippen molar-refractivity contribution in [3.63, 3.8) is 0 Å². The summed E-state index contributed by atoms with van der Waals surface area (Å²) in [6.45, 7) is 3.94. The number of nitrogens with zero attached hydrogens (tertiary/aromatic N) is 3. The van der Waals surface area contributed by atoms with Crippen LogP contribution in [0.15, 0.2) is 82.2 Å². The van der Waals surface area contributed by atoms with Crippen LogP contribution >= 0.6 is 23.4 Å². The number of nitro benzene ring substituents is 1. The Balaban J connectivity index is 1.66. The molecule has 0 spiro atoms. The van der Waals surface area contributed by atoms with Gasteiger partial charge in [-0.3, -0.25) is 19.8 Å². The maximum absolute atomic E-state index is 13.6. The highest BCUT2D eigenvalue weighted by molar-refractivity contribution is 7.98. The Labute approximate surface area is 246 Å². The molecule has 41 heavy (non-hydrogen) atoms. The number of Topliss-reactive ketones (excluding diaryl/α,β-unsaturated/α-hetero) is 1. The number of ketones is 1. The van der Waals surface area contributed by atoms with Crippen molar-refractivity contribution < 1.29 is 14.1 Å². The number of hydrogen-bond donors (Lipinski definition) is 1. The van der Waals surface area contributed by atoms with E-state index in [-0.39, 0.29) is 39.4 Å². The third-order valence-corrected chi connectivity index (χ3v) is 8.83. The number of allylic oxidation sites excluding steroid dienone is 3. The number of nitrogens with two attached hydrogens (primary N) is 1. The molecule has 3 aromatic rings. The van der Waals surface area contributed by atoms with Crippen LogP contribution in [-0.2, 0) is 10.5 Å². The topological polar surface area (TPSA) is 113 Å². The van der Waals surface area contributed by atoms with Crippen LogP contribution < -0.4 is 10.6 Å². The first-order valence-electron chi connectivity index (χ1n) is 13.0. The molecule has 1 unspecified atom stereocenters. The van der Waals surface area contributed by atoms with E-state index in [2.05, 4.69) is 6.07 Å². The van der Waals surface area contributed by atoms with Gasteiger partial charge in [0, 0.05) is 39.4 Å². The normalized spacial score (nSPS) is 17.0. The number of carbonyl (C=O) groups excluding carboxylic acids is 1. The summed E-state index contributed by atoms with van der Waals surface area (Å²) >= 11 is 7.63. The summed E-state index contributed by atoms with van der Waals surface area (Å²) in [5.74, 6) is -0.464. The molecule has 0 saturated heterocycles. The number of anilines is 1. The molecule has 1 atom stereocenters. The van der Waals surface area contributed by atoms with Crippen LogP contribution in [0.3, 0.4) is 0 Å². The average Bonchev–Trinajstić information content (AvgIpc) is 2.93. The van der Waals surface area contributed by atoms with Gasteiger partial charge in [0.1, 0.15) is 17.3 Å². The lowest BCUT2D eigenvalue weighted by atomic mass is 9.74. The summed E-state index contributed by atoms with van der Waals surface area (Å²) in [4.78, 5) is 27.4. The average molecular weight is 589 g/mol. The number of benzene rings is 3. The molecule has 7 nitrogen and oxygen atoms in total. The van der Waals surface area contributed by atoms with Crippen LogP contribution in [0.1, 0.15) is 47.4 Å². The largest absolute Gasteiger partial charge is 0.384 e. The minimum atomic E-state index is -0.708. The van der Waals surface area contributed by atoms with Crippen molar-refractivity contribution in [1.82, 2.24) is 0 Å². The van der Waals surface area contributed by atoms with E-state index in [1.807, 2.05) is 26.0 Å². The van der Waals surface area contributed by atoms with Crippen molar-refractivity contribution in [2.75, 3.05) is 4.90 Å². The molecule has 5 rings (SSSR count). The lowest BCUT2D eigenvalue weighted by Gasteiger charge is -2.39. The highest BCUT2D eigenvalue weighted by atomic mass is 35.5. The highest BCUT2D eigenvalue weighted by Crippen LogP contribution is 2.49. The number of nitriles is 1. The minimum absolute atomic E-state index is 0.0542. The van der Waals surface area contributed by atoms with Gasteiger partial charge < -0.3 is 5.73 Å². The van der Waals surface area contributed by atoms with Crippen LogP contribution in [0.5, 0.6) is 0 Å². The fourth-order valence-electron chi connectivity index (χ4n) is 5.58. The second kappa shape index (κ2) is 11.4. The first kappa shape index (κ1) is 28.4. The summed E-state index contributed by atoms with van der Waals surface area (Å²) in [6.07, 6.45) is 1.33. The third kappa shape index (κ3) is 5.33. The number of halogens is 2. The zero-order chi connectivity index (χ0) is 29.4. The number of carbonyl (C=O) groups is 1. The minimum Gasteiger partial charge on any atom is -0.384 e. The van der Waals surface area contributed by atoms with E-state index < -0.39 is 10.8 Å². The van der Waals surface area contributed by atoms with E-state index in [1.54, 1.807) is 23.9 Å². The molecule has 0 aromatic heterocycles. The van der Waals surface area contributed by atoms with Crippen LogP contribution in [-0.4, -0.2) is 10.7 Å². The van der Waals surface area contributed by atoms with Crippen molar-refractivity contribution >= 4 is 40.5 Å². The molecule has 0 fully saturated rings. The summed E-state index contributed by atoms with van der Waals surface area (Å²) < 4.78 is 13.4. The first-order valence-corrected chi connectivity index (χ1v) is 14.4. The zero-order valence-electron chi connectivity index (χ0n) is 22.4. The molecule has 2 aliphatic rings. The SMILES string of the molecule is Cc1cc(C)c(C2C(C#N)=C(N)N(c3ccc(Cl)cc3[N+](=O)[O-])C3=C2C(=O)CCC3)cc1CSc1ccc(F)cc1. The number of nitro groups is 1. The van der Waals surface area contributed by atoms with E-state index in [1.165, 1.54) is 35.2 Å². The van der Waals surface area contributed by atoms with Gasteiger partial charge in [-0.15, -0.1) is 11.8 Å². The molecular formula is C31H26ClFN4O3S. The summed E-state index contributed by atoms with van der Waals surface area (Å²) in [6, 6.07) is 16.8. The predicted molar refractivity (Wildman–Crippen MR) is 158 cm³/mol. The number of thioether (sulfide) groups is 1. The third-order valence-electron chi connectivity index (χ3n) is 7.53. The fraction of sp³-hybridized carbons (Fsp3) is 0.226. The molecule has 3 aromatic carbocycles. The van der Waals surface area contributed by atoms with E-state index in [9.17, 15) is 24.6 Å². The van der Waals surface area contributed by atoms with E-state index in [4.69, 9.17) is 17.3 Å². The van der Waals surface area contributed by atoms with Crippen molar-refractivity contribution in [3.05, 3.63) is 120 Å². The molecule has 208 valence electrons. The van der Waals surface area contributed by atoms with Crippen LogP contribution in [0, 0.1) is 41.1 Å². The standard InChI is InChI=1S/C31H26ClFN4O3S/c1-17-12-18(2)23(13-19(17)16-41-22-9-7-21(33)8-10-22)29-24(15-34)31(35)36(26-4-3-5-28(38)30(26)29)25-11-6-20(32)14-27(25)37(39)40/h6-14,29H,3-5,16,35H2,1-2H3. The van der Waals surface area contributed by atoms with Gasteiger partial charge in [0.25, 0.3) is 5.69 Å². The number of aryl methyl sites for hydroxylation is 2. The van der Waals surface area contributed by atoms with E-state index in [0.29, 0.717) is 36.3 Å². The van der Waals surface area contributed by atoms with E-state index >= 15 is 0 Å². The molecule has 0 bridgehead atoms. The van der Waals surface area contributed by atoms with Crippen molar-refractivity contribution in [1.29, 1.82) is 5.26 Å². The fourth-order valence-corrected chi connectivity index (χ4v) is 6.71. The molecule has 1 heterocycles. The van der Waals surface area contributed by atoms with Gasteiger partial charge in [-0.05, 0) is 85.3 Å². The van der Waals surface area contributed by atoms with Crippen LogP contribution in [0.4, 0.5) is 15.8 Å². The monoisotopic (exact) mass is 588 g/mol. The Morgan fingerprint density at radius 3 is 2.56 bits per heavy atom. The molecular weight excluding hydrogens is 563 g/mol. The second-order valence-corrected chi connectivity index (χ2v) is 11.6. The van der Waals surface area contributed by atoms with Gasteiger partial charge in [-0.25, -0.2) is 4.39 Å². The molecule has 0 amide bonds. The molecule has 0 radical (unpaired) electrons. The molecule has 10 heteroatoms. The highest BCUT2D eigenvalue weighted by Gasteiger charge is 2.42. The first-order chi connectivity index (χ1) is 19.6. The Hall–Kier alpha value is -4.13. The van der Waals surface area contributed by atoms with Gasteiger partial charge >= 0.3 is 0 Å². The molecule has 0 saturated carbocycles. The van der Waals surface area contributed by atoms with Crippen LogP contribution in [0.2, 0.25) is 5.02 Å². The Morgan fingerprint density at radius 2 is 1.88 bits per heavy atom. The summed E-state index contributed by atoms with van der Waals surface area (Å²) in [5, 5.41) is 22.6. The van der Waals surface area contributed by atoms with Gasteiger partial charge in [0.15, 0.2) is 5.78 Å². The van der Waals surface area contributed by atoms with Crippen molar-refractivity contribution in [2.24, 2.45) is 5.73 Å². The number of hydrogen-bond acceptors (Lipinski definition) is 7. The maximum atomic E-state index is 13.6. The van der Waals surface area contributed by atoms with Gasteiger partial charge in [0.05, 0.1) is 22.5 Å². The predicted octanol–water partition coefficient (Wildman–Crippen LogP) is 7.60. The van der Waals surface area contributed by atoms with Gasteiger partial charge in [-0.2, -0.15) is 5.26 Å². The summed E-state index contributed by atoms with van der Waals surface area (Å²) in [7, 11) is 0. The Morgan fingerprint density at radius 1 is 1.15 bits per heavy atom. The van der Waals surface area contributed by atoms with Gasteiger partial charge in [-0.1, -0.05) is 23.7 Å². The second-order valence-electron chi connectivity index (χ2n) is 10.1. The summed E-state index contributed by atoms with van der Waals surface area (Å²) in [5.41, 5.74) is 11.5. The maximum Gasteiger partial charge on any atom is 0.294 e. The van der Waals surface area contributed by atoms with Crippen LogP contribution in [0.25, 0.3) is 0 Å². The Kier molecular flexibility index (Phi) is 7.89. The molecule has 2 N–H and O–H groups in total. The van der Waals surface area contributed by atoms with Crippen molar-refractivity contribution in [3.8, 4) is 6.07 Å². The zero-order valence-corrected chi connectivity index (χ0v) is 24.0. The van der Waals surface area contributed by atoms with Gasteiger partial charge in [0.2, 0.25) is 0 Å². The smallest absolute Gasteiger partial charge is 0.294 e. The van der Waals surface area contributed by atoms with E-state index in [0.717, 1.165) is 27.1 Å².